The van der Waals surface area contributed by atoms with E-state index in [-0.39, 0.29) is 17.2 Å². The highest BCUT2D eigenvalue weighted by Crippen LogP contribution is 2.33. The second-order valence-corrected chi connectivity index (χ2v) is 10.6. The standard InChI is InChI=1S/C27H28N4O4S2/c1-2-3-4-14-31-22-12-11-20(36-16-13-18-7-9-19(10-8-18)26(33)34)17-21(22)24(25(31)32)29-30-27(35)28-23-6-5-15-37-23/h5-12,15,17H,2-4,13-14,16H2,1H3,(H,33,34)(H2,28,30,35). The van der Waals surface area contributed by atoms with Crippen molar-refractivity contribution in [1.29, 1.82) is 0 Å². The van der Waals surface area contributed by atoms with Crippen molar-refractivity contribution in [3.63, 3.8) is 0 Å². The van der Waals surface area contributed by atoms with Crippen LogP contribution < -0.4 is 15.6 Å². The maximum Gasteiger partial charge on any atom is 0.340 e. The summed E-state index contributed by atoms with van der Waals surface area (Å²) >= 11 is 3.04. The highest BCUT2D eigenvalue weighted by molar-refractivity contribution is 7.99. The van der Waals surface area contributed by atoms with Gasteiger partial charge >= 0.3 is 12.0 Å². The van der Waals surface area contributed by atoms with Crippen LogP contribution in [0.1, 0.15) is 47.7 Å². The van der Waals surface area contributed by atoms with Crippen LogP contribution in [-0.4, -0.2) is 41.0 Å². The quantitative estimate of drug-likeness (QED) is 0.162. The summed E-state index contributed by atoms with van der Waals surface area (Å²) in [6, 6.07) is 15.9. The largest absolute Gasteiger partial charge is 0.478 e. The summed E-state index contributed by atoms with van der Waals surface area (Å²) < 4.78 is 0. The maximum atomic E-state index is 13.2. The zero-order valence-electron chi connectivity index (χ0n) is 20.4. The Morgan fingerprint density at radius 1 is 1.11 bits per heavy atom. The third-order valence-electron chi connectivity index (χ3n) is 5.83. The van der Waals surface area contributed by atoms with Crippen LogP contribution in [0, 0.1) is 0 Å². The average Bonchev–Trinajstić information content (AvgIpc) is 3.49. The smallest absolute Gasteiger partial charge is 0.340 e. The topological polar surface area (TPSA) is 111 Å². The Labute approximate surface area is 223 Å². The number of hydrogen-bond donors (Lipinski definition) is 3. The van der Waals surface area contributed by atoms with Gasteiger partial charge in [0.2, 0.25) is 0 Å². The minimum Gasteiger partial charge on any atom is -0.478 e. The lowest BCUT2D eigenvalue weighted by atomic mass is 10.1. The van der Waals surface area contributed by atoms with Gasteiger partial charge in [0.15, 0.2) is 5.71 Å². The van der Waals surface area contributed by atoms with Crippen molar-refractivity contribution in [3.8, 4) is 0 Å². The maximum absolute atomic E-state index is 13.2. The van der Waals surface area contributed by atoms with Gasteiger partial charge < -0.3 is 10.0 Å². The molecule has 2 aromatic carbocycles. The molecule has 3 aromatic rings. The molecule has 1 aliphatic heterocycles. The van der Waals surface area contributed by atoms with Gasteiger partial charge in [0, 0.05) is 22.8 Å². The highest BCUT2D eigenvalue weighted by Gasteiger charge is 2.34. The Balaban J connectivity index is 1.47. The number of carbonyl (C=O) groups excluding carboxylic acids is 2. The molecule has 8 nitrogen and oxygen atoms in total. The monoisotopic (exact) mass is 536 g/mol. The van der Waals surface area contributed by atoms with Crippen LogP contribution in [0.2, 0.25) is 0 Å². The van der Waals surface area contributed by atoms with Gasteiger partial charge in [-0.15, -0.1) is 23.1 Å². The summed E-state index contributed by atoms with van der Waals surface area (Å²) in [6.07, 6.45) is 3.73. The van der Waals surface area contributed by atoms with Crippen LogP contribution in [0.3, 0.4) is 0 Å². The van der Waals surface area contributed by atoms with Gasteiger partial charge in [-0.1, -0.05) is 31.9 Å². The summed E-state index contributed by atoms with van der Waals surface area (Å²) in [4.78, 5) is 39.3. The van der Waals surface area contributed by atoms with Gasteiger partial charge in [-0.3, -0.25) is 10.1 Å². The number of anilines is 2. The number of carbonyl (C=O) groups is 3. The van der Waals surface area contributed by atoms with E-state index < -0.39 is 12.0 Å². The Morgan fingerprint density at radius 2 is 1.92 bits per heavy atom. The van der Waals surface area contributed by atoms with Gasteiger partial charge in [0.05, 0.1) is 16.3 Å². The number of fused-ring (bicyclic) bond motifs is 1. The van der Waals surface area contributed by atoms with E-state index in [1.807, 2.05) is 41.8 Å². The van der Waals surface area contributed by atoms with Crippen molar-refractivity contribution >= 4 is 57.4 Å². The fourth-order valence-corrected chi connectivity index (χ4v) is 5.48. The van der Waals surface area contributed by atoms with E-state index in [9.17, 15) is 14.4 Å². The summed E-state index contributed by atoms with van der Waals surface area (Å²) in [5.74, 6) is -0.371. The number of benzene rings is 2. The fourth-order valence-electron chi connectivity index (χ4n) is 3.93. The average molecular weight is 537 g/mol. The van der Waals surface area contributed by atoms with Crippen molar-refractivity contribution in [1.82, 2.24) is 5.43 Å². The molecule has 1 aromatic heterocycles. The number of hydrogen-bond acceptors (Lipinski definition) is 6. The molecule has 0 aliphatic carbocycles. The number of aryl methyl sites for hydroxylation is 1. The number of carboxylic acids is 1. The first-order valence-electron chi connectivity index (χ1n) is 12.1. The highest BCUT2D eigenvalue weighted by atomic mass is 32.2. The number of rotatable bonds is 11. The first-order chi connectivity index (χ1) is 18.0. The van der Waals surface area contributed by atoms with Crippen LogP contribution >= 0.6 is 23.1 Å². The van der Waals surface area contributed by atoms with E-state index in [1.165, 1.54) is 11.3 Å². The Hall–Kier alpha value is -3.63. The van der Waals surface area contributed by atoms with Gasteiger partial charge in [-0.05, 0) is 66.2 Å². The molecule has 10 heteroatoms. The molecule has 0 atom stereocenters. The summed E-state index contributed by atoms with van der Waals surface area (Å²) in [5.41, 5.74) is 5.52. The SMILES string of the molecule is CCCCCN1C(=O)C(=NNC(=O)Nc2cccs2)c2cc(SCCc3ccc(C(=O)O)cc3)ccc21. The Kier molecular flexibility index (Phi) is 8.97. The van der Waals surface area contributed by atoms with Crippen LogP contribution in [0.25, 0.3) is 0 Å². The zero-order valence-corrected chi connectivity index (χ0v) is 22.0. The lowest BCUT2D eigenvalue weighted by Crippen LogP contribution is -2.33. The molecule has 0 radical (unpaired) electrons. The number of nitrogens with one attached hydrogen (secondary N) is 2. The minimum atomic E-state index is -0.937. The van der Waals surface area contributed by atoms with Crippen LogP contribution in [0.15, 0.2) is 70.0 Å². The fraction of sp³-hybridized carbons (Fsp3) is 0.259. The van der Waals surface area contributed by atoms with Crippen molar-refractivity contribution < 1.29 is 19.5 Å². The number of thiophene rings is 1. The number of carboxylic acid groups (broad SMARTS) is 1. The third kappa shape index (κ3) is 6.78. The van der Waals surface area contributed by atoms with Crippen LogP contribution in [-0.2, 0) is 11.2 Å². The van der Waals surface area contributed by atoms with E-state index in [2.05, 4.69) is 22.8 Å². The van der Waals surface area contributed by atoms with E-state index in [1.54, 1.807) is 34.9 Å². The first kappa shape index (κ1) is 26.4. The van der Waals surface area contributed by atoms with Crippen molar-refractivity contribution in [2.75, 3.05) is 22.5 Å². The predicted octanol–water partition coefficient (Wildman–Crippen LogP) is 5.84. The number of hydrazone groups is 1. The molecule has 0 fully saturated rings. The summed E-state index contributed by atoms with van der Waals surface area (Å²) in [7, 11) is 0. The molecule has 192 valence electrons. The summed E-state index contributed by atoms with van der Waals surface area (Å²) in [6.45, 7) is 2.71. The van der Waals surface area contributed by atoms with Crippen molar-refractivity contribution in [3.05, 3.63) is 76.7 Å². The molecule has 0 bridgehead atoms. The molecule has 2 heterocycles. The first-order valence-corrected chi connectivity index (χ1v) is 13.9. The number of thioether (sulfide) groups is 1. The molecule has 37 heavy (non-hydrogen) atoms. The van der Waals surface area contributed by atoms with Gasteiger partial charge in [0.1, 0.15) is 0 Å². The number of amides is 3. The van der Waals surface area contributed by atoms with E-state index in [0.717, 1.165) is 47.6 Å². The molecule has 0 unspecified atom stereocenters. The second kappa shape index (κ2) is 12.6. The molecular formula is C27H28N4O4S2. The zero-order chi connectivity index (χ0) is 26.2. The summed E-state index contributed by atoms with van der Waals surface area (Å²) in [5, 5.41) is 18.5. The molecule has 0 saturated heterocycles. The molecule has 1 aliphatic rings. The molecule has 3 amide bonds. The van der Waals surface area contributed by atoms with Crippen molar-refractivity contribution in [2.45, 2.75) is 37.5 Å². The number of unbranched alkanes of at least 4 members (excludes halogenated alkanes) is 2. The molecule has 0 spiro atoms. The lowest BCUT2D eigenvalue weighted by molar-refractivity contribution is -0.112. The number of urea groups is 1. The molecule has 4 rings (SSSR count). The van der Waals surface area contributed by atoms with Gasteiger partial charge in [-0.2, -0.15) is 5.10 Å². The third-order valence-corrected chi connectivity index (χ3v) is 7.62. The van der Waals surface area contributed by atoms with Crippen LogP contribution in [0.5, 0.6) is 0 Å². The van der Waals surface area contributed by atoms with E-state index >= 15 is 0 Å². The molecular weight excluding hydrogens is 508 g/mol. The lowest BCUT2D eigenvalue weighted by Gasteiger charge is -2.16. The molecule has 3 N–H and O–H groups in total. The Morgan fingerprint density at radius 3 is 2.62 bits per heavy atom. The second-order valence-electron chi connectivity index (χ2n) is 8.45. The van der Waals surface area contributed by atoms with Crippen molar-refractivity contribution in [2.24, 2.45) is 5.10 Å². The Bertz CT molecular complexity index is 1290. The van der Waals surface area contributed by atoms with Crippen LogP contribution in [0.4, 0.5) is 15.5 Å². The van der Waals surface area contributed by atoms with E-state index in [4.69, 9.17) is 5.11 Å². The van der Waals surface area contributed by atoms with E-state index in [0.29, 0.717) is 17.1 Å². The normalized spacial score (nSPS) is 13.6. The number of nitrogens with zero attached hydrogens (tertiary/aromatic N) is 2. The minimum absolute atomic E-state index is 0.219. The van der Waals surface area contributed by atoms with Gasteiger partial charge in [-0.25, -0.2) is 15.0 Å². The van der Waals surface area contributed by atoms with Gasteiger partial charge in [0.25, 0.3) is 5.91 Å². The number of aromatic carboxylic acids is 1. The molecule has 0 saturated carbocycles. The predicted molar refractivity (Wildman–Crippen MR) is 149 cm³/mol.